The van der Waals surface area contributed by atoms with Gasteiger partial charge in [-0.25, -0.2) is 8.78 Å². The van der Waals surface area contributed by atoms with Crippen molar-refractivity contribution >= 4 is 22.1 Å². The standard InChI is InChI=1S/C15H12BrF2NO/c16-14-7-3-11(4-8-14)9-19-20-10-12-1-5-13(6-2-12)15(17)18/h1-9,15H,10H2. The van der Waals surface area contributed by atoms with Gasteiger partial charge in [-0.15, -0.1) is 0 Å². The molecule has 0 heterocycles. The summed E-state index contributed by atoms with van der Waals surface area (Å²) in [7, 11) is 0. The monoisotopic (exact) mass is 339 g/mol. The number of benzene rings is 2. The van der Waals surface area contributed by atoms with Crippen LogP contribution in [-0.4, -0.2) is 6.21 Å². The third-order valence-corrected chi connectivity index (χ3v) is 3.14. The molecule has 20 heavy (non-hydrogen) atoms. The Morgan fingerprint density at radius 3 is 2.30 bits per heavy atom. The largest absolute Gasteiger partial charge is 0.391 e. The van der Waals surface area contributed by atoms with Crippen LogP contribution in [0.25, 0.3) is 0 Å². The van der Waals surface area contributed by atoms with Crippen molar-refractivity contribution in [2.24, 2.45) is 5.16 Å². The molecule has 2 rings (SSSR count). The maximum absolute atomic E-state index is 12.4. The maximum atomic E-state index is 12.4. The Labute approximate surface area is 124 Å². The van der Waals surface area contributed by atoms with Gasteiger partial charge < -0.3 is 4.84 Å². The van der Waals surface area contributed by atoms with E-state index in [2.05, 4.69) is 21.1 Å². The summed E-state index contributed by atoms with van der Waals surface area (Å²) in [4.78, 5) is 5.12. The lowest BCUT2D eigenvalue weighted by Gasteiger charge is -2.02. The summed E-state index contributed by atoms with van der Waals surface area (Å²) in [5.74, 6) is 0. The van der Waals surface area contributed by atoms with E-state index in [4.69, 9.17) is 4.84 Å². The van der Waals surface area contributed by atoms with Gasteiger partial charge in [0.05, 0.1) is 6.21 Å². The molecule has 0 aromatic heterocycles. The quantitative estimate of drug-likeness (QED) is 0.558. The van der Waals surface area contributed by atoms with Gasteiger partial charge in [0, 0.05) is 10.0 Å². The van der Waals surface area contributed by atoms with Crippen molar-refractivity contribution in [3.05, 3.63) is 69.7 Å². The molecule has 0 atom stereocenters. The Kier molecular flexibility index (Phi) is 5.24. The zero-order valence-corrected chi connectivity index (χ0v) is 12.1. The number of oxime groups is 1. The van der Waals surface area contributed by atoms with Crippen LogP contribution in [0, 0.1) is 0 Å². The summed E-state index contributed by atoms with van der Waals surface area (Å²) >= 11 is 3.34. The minimum atomic E-state index is -2.44. The zero-order valence-electron chi connectivity index (χ0n) is 10.5. The molecule has 0 bridgehead atoms. The number of halogens is 3. The fraction of sp³-hybridized carbons (Fsp3) is 0.133. The van der Waals surface area contributed by atoms with Crippen molar-refractivity contribution in [2.75, 3.05) is 0 Å². The molecule has 0 fully saturated rings. The van der Waals surface area contributed by atoms with Crippen molar-refractivity contribution < 1.29 is 13.6 Å². The normalized spacial score (nSPS) is 11.2. The van der Waals surface area contributed by atoms with Crippen LogP contribution in [0.3, 0.4) is 0 Å². The second-order valence-corrected chi connectivity index (χ2v) is 5.02. The minimum Gasteiger partial charge on any atom is -0.391 e. The van der Waals surface area contributed by atoms with Crippen LogP contribution in [0.2, 0.25) is 0 Å². The first-order valence-electron chi connectivity index (χ1n) is 5.93. The summed E-state index contributed by atoms with van der Waals surface area (Å²) < 4.78 is 25.7. The lowest BCUT2D eigenvalue weighted by molar-refractivity contribution is 0.131. The number of rotatable bonds is 5. The fourth-order valence-corrected chi connectivity index (χ4v) is 1.78. The van der Waals surface area contributed by atoms with Crippen LogP contribution < -0.4 is 0 Å². The highest BCUT2D eigenvalue weighted by atomic mass is 79.9. The van der Waals surface area contributed by atoms with E-state index in [1.807, 2.05) is 24.3 Å². The molecule has 0 amide bonds. The first-order chi connectivity index (χ1) is 9.65. The SMILES string of the molecule is FC(F)c1ccc(CON=Cc2ccc(Br)cc2)cc1. The molecule has 0 spiro atoms. The summed E-state index contributed by atoms with van der Waals surface area (Å²) in [5.41, 5.74) is 1.72. The first kappa shape index (κ1) is 14.7. The average Bonchev–Trinajstić information content (AvgIpc) is 2.46. The molecule has 2 aromatic rings. The molecular weight excluding hydrogens is 328 g/mol. The lowest BCUT2D eigenvalue weighted by Crippen LogP contribution is -1.90. The molecule has 0 radical (unpaired) electrons. The van der Waals surface area contributed by atoms with E-state index in [-0.39, 0.29) is 12.2 Å². The van der Waals surface area contributed by atoms with Crippen LogP contribution >= 0.6 is 15.9 Å². The molecule has 0 N–H and O–H groups in total. The van der Waals surface area contributed by atoms with Crippen LogP contribution in [0.1, 0.15) is 23.1 Å². The lowest BCUT2D eigenvalue weighted by atomic mass is 10.1. The molecule has 0 saturated heterocycles. The summed E-state index contributed by atoms with van der Waals surface area (Å²) in [6.07, 6.45) is -0.847. The first-order valence-corrected chi connectivity index (χ1v) is 6.72. The number of nitrogens with zero attached hydrogens (tertiary/aromatic N) is 1. The van der Waals surface area contributed by atoms with E-state index >= 15 is 0 Å². The van der Waals surface area contributed by atoms with Crippen LogP contribution in [0.5, 0.6) is 0 Å². The molecule has 0 unspecified atom stereocenters. The zero-order chi connectivity index (χ0) is 14.4. The molecule has 5 heteroatoms. The summed E-state index contributed by atoms with van der Waals surface area (Å²) in [6, 6.07) is 13.6. The molecule has 0 aliphatic carbocycles. The van der Waals surface area contributed by atoms with Crippen molar-refractivity contribution in [1.29, 1.82) is 0 Å². The van der Waals surface area contributed by atoms with Gasteiger partial charge in [-0.05, 0) is 23.3 Å². The molecule has 104 valence electrons. The third kappa shape index (κ3) is 4.42. The molecule has 0 aliphatic rings. The second kappa shape index (κ2) is 7.14. The Bertz CT molecular complexity index is 567. The Morgan fingerprint density at radius 1 is 1.05 bits per heavy atom. The highest BCUT2D eigenvalue weighted by Crippen LogP contribution is 2.18. The third-order valence-electron chi connectivity index (χ3n) is 2.61. The van der Waals surface area contributed by atoms with Gasteiger partial charge >= 0.3 is 0 Å². The summed E-state index contributed by atoms with van der Waals surface area (Å²) in [5, 5.41) is 3.84. The van der Waals surface area contributed by atoms with Gasteiger partial charge in [-0.2, -0.15) is 0 Å². The van der Waals surface area contributed by atoms with E-state index < -0.39 is 6.43 Å². The van der Waals surface area contributed by atoms with Crippen molar-refractivity contribution in [1.82, 2.24) is 0 Å². The van der Waals surface area contributed by atoms with Crippen LogP contribution in [0.15, 0.2) is 58.2 Å². The molecule has 0 saturated carbocycles. The smallest absolute Gasteiger partial charge is 0.263 e. The highest BCUT2D eigenvalue weighted by Gasteiger charge is 2.05. The number of hydrogen-bond donors (Lipinski definition) is 0. The molecular formula is C15H12BrF2NO. The van der Waals surface area contributed by atoms with Gasteiger partial charge in [-0.1, -0.05) is 57.5 Å². The van der Waals surface area contributed by atoms with Crippen LogP contribution in [-0.2, 0) is 11.4 Å². The fourth-order valence-electron chi connectivity index (χ4n) is 1.52. The van der Waals surface area contributed by atoms with E-state index in [9.17, 15) is 8.78 Å². The van der Waals surface area contributed by atoms with E-state index in [0.717, 1.165) is 15.6 Å². The second-order valence-electron chi connectivity index (χ2n) is 4.10. The Hall–Kier alpha value is -1.75. The number of alkyl halides is 2. The maximum Gasteiger partial charge on any atom is 0.263 e. The van der Waals surface area contributed by atoms with E-state index in [1.54, 1.807) is 18.3 Å². The van der Waals surface area contributed by atoms with Gasteiger partial charge in [0.2, 0.25) is 0 Å². The Morgan fingerprint density at radius 2 is 1.70 bits per heavy atom. The number of hydrogen-bond acceptors (Lipinski definition) is 2. The van der Waals surface area contributed by atoms with Gasteiger partial charge in [-0.3, -0.25) is 0 Å². The van der Waals surface area contributed by atoms with E-state index in [0.29, 0.717) is 0 Å². The topological polar surface area (TPSA) is 21.6 Å². The van der Waals surface area contributed by atoms with Crippen LogP contribution in [0.4, 0.5) is 8.78 Å². The molecule has 2 aromatic carbocycles. The predicted molar refractivity (Wildman–Crippen MR) is 77.9 cm³/mol. The average molecular weight is 340 g/mol. The van der Waals surface area contributed by atoms with Crippen molar-refractivity contribution in [3.8, 4) is 0 Å². The van der Waals surface area contributed by atoms with Crippen molar-refractivity contribution in [2.45, 2.75) is 13.0 Å². The minimum absolute atomic E-state index is 0.00659. The van der Waals surface area contributed by atoms with Crippen molar-refractivity contribution in [3.63, 3.8) is 0 Å². The molecule has 0 aliphatic heterocycles. The summed E-state index contributed by atoms with van der Waals surface area (Å²) in [6.45, 7) is 0.247. The Balaban J connectivity index is 1.84. The van der Waals surface area contributed by atoms with E-state index in [1.165, 1.54) is 12.1 Å². The van der Waals surface area contributed by atoms with Gasteiger partial charge in [0.15, 0.2) is 0 Å². The highest BCUT2D eigenvalue weighted by molar-refractivity contribution is 9.10. The molecule has 2 nitrogen and oxygen atoms in total. The van der Waals surface area contributed by atoms with Gasteiger partial charge in [0.1, 0.15) is 6.61 Å². The predicted octanol–water partition coefficient (Wildman–Crippen LogP) is 4.94. The van der Waals surface area contributed by atoms with Gasteiger partial charge in [0.25, 0.3) is 6.43 Å².